The molecule has 1 fully saturated rings. The molecule has 0 aliphatic heterocycles. The molecule has 0 spiro atoms. The fourth-order valence-electron chi connectivity index (χ4n) is 3.10. The summed E-state index contributed by atoms with van der Waals surface area (Å²) in [5.74, 6) is 1.79. The van der Waals surface area contributed by atoms with Crippen LogP contribution in [0, 0.1) is 17.8 Å². The van der Waals surface area contributed by atoms with Gasteiger partial charge in [-0.1, -0.05) is 44.9 Å². The van der Waals surface area contributed by atoms with Crippen LogP contribution in [0.1, 0.15) is 58.8 Å². The first-order valence-corrected chi connectivity index (χ1v) is 7.60. The van der Waals surface area contributed by atoms with E-state index in [-0.39, 0.29) is 6.10 Å². The van der Waals surface area contributed by atoms with E-state index in [0.29, 0.717) is 17.8 Å². The zero-order valence-electron chi connectivity index (χ0n) is 12.1. The summed E-state index contributed by atoms with van der Waals surface area (Å²) in [6, 6.07) is 0. The Morgan fingerprint density at radius 2 is 2.00 bits per heavy atom. The average molecular weight is 250 g/mol. The van der Waals surface area contributed by atoms with E-state index < -0.39 is 0 Å². The van der Waals surface area contributed by atoms with Crippen molar-refractivity contribution in [2.45, 2.75) is 64.9 Å². The Labute approximate surface area is 113 Å². The van der Waals surface area contributed by atoms with Gasteiger partial charge < -0.3 is 5.11 Å². The summed E-state index contributed by atoms with van der Waals surface area (Å²) in [7, 11) is 0. The zero-order valence-corrected chi connectivity index (χ0v) is 12.1. The van der Waals surface area contributed by atoms with Gasteiger partial charge in [0.25, 0.3) is 0 Å². The van der Waals surface area contributed by atoms with Crippen molar-refractivity contribution in [2.75, 3.05) is 0 Å². The molecule has 104 valence electrons. The summed E-state index contributed by atoms with van der Waals surface area (Å²) < 4.78 is 0. The van der Waals surface area contributed by atoms with Crippen LogP contribution in [0.2, 0.25) is 0 Å². The van der Waals surface area contributed by atoms with Gasteiger partial charge in [0.05, 0.1) is 6.10 Å². The molecule has 0 aromatic rings. The van der Waals surface area contributed by atoms with Crippen molar-refractivity contribution in [3.8, 4) is 0 Å². The van der Waals surface area contributed by atoms with Crippen LogP contribution in [0.25, 0.3) is 0 Å². The Bertz CT molecular complexity index is 254. The van der Waals surface area contributed by atoms with Crippen molar-refractivity contribution in [1.29, 1.82) is 0 Å². The highest BCUT2D eigenvalue weighted by Gasteiger charge is 2.29. The molecule has 18 heavy (non-hydrogen) atoms. The summed E-state index contributed by atoms with van der Waals surface area (Å²) in [4.78, 5) is 0. The highest BCUT2D eigenvalue weighted by molar-refractivity contribution is 4.88. The summed E-state index contributed by atoms with van der Waals surface area (Å²) >= 11 is 0. The maximum atomic E-state index is 10.4. The number of hydrogen-bond acceptors (Lipinski definition) is 1. The van der Waals surface area contributed by atoms with Crippen LogP contribution in [0.5, 0.6) is 0 Å². The topological polar surface area (TPSA) is 20.2 Å². The van der Waals surface area contributed by atoms with E-state index in [0.717, 1.165) is 19.3 Å². The number of rotatable bonds is 7. The van der Waals surface area contributed by atoms with Crippen LogP contribution in [-0.2, 0) is 0 Å². The van der Waals surface area contributed by atoms with Crippen molar-refractivity contribution in [2.24, 2.45) is 17.8 Å². The van der Waals surface area contributed by atoms with Crippen LogP contribution in [0.3, 0.4) is 0 Å². The molecular weight excluding hydrogens is 220 g/mol. The van der Waals surface area contributed by atoms with Crippen LogP contribution >= 0.6 is 0 Å². The van der Waals surface area contributed by atoms with Crippen molar-refractivity contribution < 1.29 is 5.11 Å². The van der Waals surface area contributed by atoms with Gasteiger partial charge in [-0.15, -0.1) is 6.58 Å². The lowest BCUT2D eigenvalue weighted by atomic mass is 9.74. The van der Waals surface area contributed by atoms with E-state index in [1.165, 1.54) is 25.7 Å². The molecule has 0 aromatic heterocycles. The third-order valence-corrected chi connectivity index (χ3v) is 4.08. The maximum absolute atomic E-state index is 10.4. The highest BCUT2D eigenvalue weighted by atomic mass is 16.3. The van der Waals surface area contributed by atoms with Crippen molar-refractivity contribution in [3.63, 3.8) is 0 Å². The first kappa shape index (κ1) is 15.5. The molecule has 0 bridgehead atoms. The molecule has 1 heteroatoms. The predicted octanol–water partition coefficient (Wildman–Crippen LogP) is 4.72. The summed E-state index contributed by atoms with van der Waals surface area (Å²) in [6.45, 7) is 8.23. The largest absolute Gasteiger partial charge is 0.393 e. The Balaban J connectivity index is 2.37. The van der Waals surface area contributed by atoms with Gasteiger partial charge in [-0.2, -0.15) is 0 Å². The second-order valence-corrected chi connectivity index (χ2v) is 6.05. The van der Waals surface area contributed by atoms with Gasteiger partial charge >= 0.3 is 0 Å². The second-order valence-electron chi connectivity index (χ2n) is 6.05. The van der Waals surface area contributed by atoms with E-state index in [2.05, 4.69) is 32.6 Å². The standard InChI is InChI=1S/C17H30O/c1-4-9-15-11-6-7-12-16(15)17(18)13-8-5-10-14(2)3/h4-5,10,14-18H,1,6-9,11-13H2,2-3H3/b10-5+/t15?,16-,17-/m0/s1. The molecule has 0 radical (unpaired) electrons. The molecule has 0 aromatic carbocycles. The minimum Gasteiger partial charge on any atom is -0.393 e. The van der Waals surface area contributed by atoms with Gasteiger partial charge in [-0.3, -0.25) is 0 Å². The summed E-state index contributed by atoms with van der Waals surface area (Å²) in [5.41, 5.74) is 0. The first-order chi connectivity index (χ1) is 8.65. The van der Waals surface area contributed by atoms with Crippen LogP contribution < -0.4 is 0 Å². The smallest absolute Gasteiger partial charge is 0.0574 e. The molecule has 1 nitrogen and oxygen atoms in total. The van der Waals surface area contributed by atoms with Crippen molar-refractivity contribution >= 4 is 0 Å². The number of aliphatic hydroxyl groups is 1. The molecule has 1 saturated carbocycles. The third-order valence-electron chi connectivity index (χ3n) is 4.08. The minimum atomic E-state index is -0.118. The Morgan fingerprint density at radius 1 is 1.28 bits per heavy atom. The molecule has 0 saturated heterocycles. The maximum Gasteiger partial charge on any atom is 0.0574 e. The molecule has 1 aliphatic rings. The molecule has 1 N–H and O–H groups in total. The monoisotopic (exact) mass is 250 g/mol. The molecular formula is C17H30O. The second kappa shape index (κ2) is 8.53. The van der Waals surface area contributed by atoms with Crippen molar-refractivity contribution in [3.05, 3.63) is 24.8 Å². The van der Waals surface area contributed by atoms with Crippen LogP contribution in [0.15, 0.2) is 24.8 Å². The minimum absolute atomic E-state index is 0.118. The van der Waals surface area contributed by atoms with Gasteiger partial charge in [0.15, 0.2) is 0 Å². The lowest BCUT2D eigenvalue weighted by molar-refractivity contribution is 0.0430. The van der Waals surface area contributed by atoms with E-state index in [4.69, 9.17) is 0 Å². The van der Waals surface area contributed by atoms with Gasteiger partial charge in [0.1, 0.15) is 0 Å². The van der Waals surface area contributed by atoms with E-state index in [1.807, 2.05) is 6.08 Å². The molecule has 1 rings (SSSR count). The molecule has 0 amide bonds. The van der Waals surface area contributed by atoms with Gasteiger partial charge in [0.2, 0.25) is 0 Å². The SMILES string of the molecule is C=CCC1CCCC[C@@H]1[C@@H](O)CC/C=C/C(C)C. The normalized spacial score (nSPS) is 26.7. The van der Waals surface area contributed by atoms with Gasteiger partial charge in [0, 0.05) is 0 Å². The first-order valence-electron chi connectivity index (χ1n) is 7.60. The van der Waals surface area contributed by atoms with E-state index in [9.17, 15) is 5.11 Å². The molecule has 0 heterocycles. The van der Waals surface area contributed by atoms with Crippen LogP contribution in [0.4, 0.5) is 0 Å². The summed E-state index contributed by atoms with van der Waals surface area (Å²) in [5, 5.41) is 10.4. The summed E-state index contributed by atoms with van der Waals surface area (Å²) in [6.07, 6.45) is 14.5. The Morgan fingerprint density at radius 3 is 2.67 bits per heavy atom. The quantitative estimate of drug-likeness (QED) is 0.648. The average Bonchev–Trinajstić information content (AvgIpc) is 2.35. The Hall–Kier alpha value is -0.560. The Kier molecular flexibility index (Phi) is 7.34. The van der Waals surface area contributed by atoms with E-state index >= 15 is 0 Å². The van der Waals surface area contributed by atoms with Crippen molar-refractivity contribution in [1.82, 2.24) is 0 Å². The fraction of sp³-hybridized carbons (Fsp3) is 0.765. The van der Waals surface area contributed by atoms with Gasteiger partial charge in [-0.05, 0) is 49.9 Å². The zero-order chi connectivity index (χ0) is 13.4. The van der Waals surface area contributed by atoms with E-state index in [1.54, 1.807) is 0 Å². The number of aliphatic hydroxyl groups excluding tert-OH is 1. The molecule has 3 atom stereocenters. The highest BCUT2D eigenvalue weighted by Crippen LogP contribution is 2.36. The number of hydrogen-bond donors (Lipinski definition) is 1. The third kappa shape index (κ3) is 5.39. The number of allylic oxidation sites excluding steroid dienone is 3. The molecule has 1 aliphatic carbocycles. The van der Waals surface area contributed by atoms with Gasteiger partial charge in [-0.25, -0.2) is 0 Å². The molecule has 1 unspecified atom stereocenters. The lowest BCUT2D eigenvalue weighted by Gasteiger charge is -2.34. The lowest BCUT2D eigenvalue weighted by Crippen LogP contribution is -2.30. The fourth-order valence-corrected chi connectivity index (χ4v) is 3.10. The van der Waals surface area contributed by atoms with Crippen LogP contribution in [-0.4, -0.2) is 11.2 Å². The predicted molar refractivity (Wildman–Crippen MR) is 79.5 cm³/mol.